The van der Waals surface area contributed by atoms with Gasteiger partial charge in [-0.1, -0.05) is 0 Å². The Morgan fingerprint density at radius 2 is 1.93 bits per heavy atom. The van der Waals surface area contributed by atoms with E-state index in [2.05, 4.69) is 0 Å². The van der Waals surface area contributed by atoms with Crippen LogP contribution in [0.5, 0.6) is 5.75 Å². The molecule has 0 aliphatic rings. The van der Waals surface area contributed by atoms with E-state index < -0.39 is 17.5 Å². The van der Waals surface area contributed by atoms with Crippen LogP contribution >= 0.6 is 0 Å². The first-order chi connectivity index (χ1) is 6.32. The zero-order valence-corrected chi connectivity index (χ0v) is 7.22. The lowest BCUT2D eigenvalue weighted by molar-refractivity contribution is -0.0885. The first kappa shape index (κ1) is 10.6. The van der Waals surface area contributed by atoms with Gasteiger partial charge < -0.3 is 5.11 Å². The third-order valence-corrected chi connectivity index (χ3v) is 1.72. The van der Waals surface area contributed by atoms with E-state index in [9.17, 15) is 18.0 Å². The van der Waals surface area contributed by atoms with Crippen LogP contribution in [0.25, 0.3) is 0 Å². The van der Waals surface area contributed by atoms with Crippen molar-refractivity contribution < 1.29 is 23.1 Å². The quantitative estimate of drug-likeness (QED) is 0.713. The van der Waals surface area contributed by atoms with E-state index >= 15 is 0 Å². The summed E-state index contributed by atoms with van der Waals surface area (Å²) in [5.41, 5.74) is -0.229. The molecule has 0 bridgehead atoms. The van der Waals surface area contributed by atoms with Crippen LogP contribution in [0.2, 0.25) is 0 Å². The molecule has 1 N–H and O–H groups in total. The van der Waals surface area contributed by atoms with Gasteiger partial charge in [-0.3, -0.25) is 4.79 Å². The molecule has 0 aliphatic heterocycles. The minimum Gasteiger partial charge on any atom is -0.508 e. The van der Waals surface area contributed by atoms with E-state index in [1.165, 1.54) is 6.92 Å². The van der Waals surface area contributed by atoms with Crippen LogP contribution in [0.3, 0.4) is 0 Å². The van der Waals surface area contributed by atoms with Crippen molar-refractivity contribution in [1.82, 2.24) is 0 Å². The third kappa shape index (κ3) is 2.04. The molecule has 14 heavy (non-hydrogen) atoms. The van der Waals surface area contributed by atoms with Crippen LogP contribution in [0.15, 0.2) is 18.2 Å². The summed E-state index contributed by atoms with van der Waals surface area (Å²) in [6.45, 7) is 1.42. The smallest absolute Gasteiger partial charge is 0.454 e. The Morgan fingerprint density at radius 1 is 1.36 bits per heavy atom. The largest absolute Gasteiger partial charge is 0.508 e. The molecule has 0 saturated heterocycles. The fourth-order valence-electron chi connectivity index (χ4n) is 0.960. The molecule has 5 heteroatoms. The van der Waals surface area contributed by atoms with Crippen molar-refractivity contribution in [2.75, 3.05) is 0 Å². The van der Waals surface area contributed by atoms with Crippen molar-refractivity contribution in [3.63, 3.8) is 0 Å². The number of Topliss-reactive ketones (excluding diaryl/α,β-unsaturated/α-hetero) is 1. The number of aryl methyl sites for hydroxylation is 1. The lowest BCUT2D eigenvalue weighted by Gasteiger charge is -2.06. The molecule has 0 aliphatic carbocycles. The molecule has 0 saturated carbocycles. The second kappa shape index (κ2) is 3.32. The minimum atomic E-state index is -4.87. The molecule has 1 rings (SSSR count). The molecule has 0 spiro atoms. The van der Waals surface area contributed by atoms with Gasteiger partial charge >= 0.3 is 6.18 Å². The number of carbonyl (C=O) groups is 1. The Balaban J connectivity index is 3.10. The Kier molecular flexibility index (Phi) is 2.51. The second-order valence-electron chi connectivity index (χ2n) is 2.83. The van der Waals surface area contributed by atoms with Gasteiger partial charge in [-0.25, -0.2) is 0 Å². The Hall–Kier alpha value is -1.52. The normalized spacial score (nSPS) is 11.4. The Morgan fingerprint density at radius 3 is 2.36 bits per heavy atom. The number of aromatic hydroxyl groups is 1. The fourth-order valence-corrected chi connectivity index (χ4v) is 0.960. The molecule has 0 heterocycles. The summed E-state index contributed by atoms with van der Waals surface area (Å²) >= 11 is 0. The predicted molar refractivity (Wildman–Crippen MR) is 43.2 cm³/mol. The maximum atomic E-state index is 12.0. The molecule has 1 aromatic rings. The standard InChI is InChI=1S/C9H7F3O2/c1-5-4-6(2-3-7(5)13)8(14)9(10,11)12/h2-4,13H,1H3. The highest BCUT2D eigenvalue weighted by Crippen LogP contribution is 2.24. The number of ketones is 1. The van der Waals surface area contributed by atoms with Crippen molar-refractivity contribution in [1.29, 1.82) is 0 Å². The van der Waals surface area contributed by atoms with Crippen molar-refractivity contribution in [3.05, 3.63) is 29.3 Å². The van der Waals surface area contributed by atoms with E-state index in [1.807, 2.05) is 0 Å². The van der Waals surface area contributed by atoms with Crippen molar-refractivity contribution in [3.8, 4) is 5.75 Å². The average Bonchev–Trinajstić information content (AvgIpc) is 2.07. The highest BCUT2D eigenvalue weighted by molar-refractivity contribution is 6.00. The SMILES string of the molecule is Cc1cc(C(=O)C(F)(F)F)ccc1O. The van der Waals surface area contributed by atoms with Crippen molar-refractivity contribution >= 4 is 5.78 Å². The lowest BCUT2D eigenvalue weighted by Crippen LogP contribution is -2.22. The Bertz CT molecular complexity index is 369. The van der Waals surface area contributed by atoms with Gasteiger partial charge in [0.25, 0.3) is 5.78 Å². The molecule has 0 amide bonds. The van der Waals surface area contributed by atoms with E-state index in [1.54, 1.807) is 0 Å². The molecule has 0 unspecified atom stereocenters. The van der Waals surface area contributed by atoms with Crippen molar-refractivity contribution in [2.24, 2.45) is 0 Å². The van der Waals surface area contributed by atoms with Crippen LogP contribution in [0, 0.1) is 6.92 Å². The fraction of sp³-hybridized carbons (Fsp3) is 0.222. The summed E-state index contributed by atoms with van der Waals surface area (Å²) in [6, 6.07) is 3.01. The molecule has 0 atom stereocenters. The molecule has 1 aromatic carbocycles. The number of hydrogen-bond donors (Lipinski definition) is 1. The van der Waals surface area contributed by atoms with Gasteiger partial charge in [-0.2, -0.15) is 13.2 Å². The van der Waals surface area contributed by atoms with E-state index in [0.29, 0.717) is 0 Å². The number of hydrogen-bond acceptors (Lipinski definition) is 2. The van der Waals surface area contributed by atoms with Gasteiger partial charge in [-0.05, 0) is 30.7 Å². The summed E-state index contributed by atoms with van der Waals surface area (Å²) in [6.07, 6.45) is -4.87. The summed E-state index contributed by atoms with van der Waals surface area (Å²) in [5, 5.41) is 9.04. The molecular weight excluding hydrogens is 197 g/mol. The van der Waals surface area contributed by atoms with E-state index in [4.69, 9.17) is 5.11 Å². The topological polar surface area (TPSA) is 37.3 Å². The number of benzene rings is 1. The number of alkyl halides is 3. The first-order valence-corrected chi connectivity index (χ1v) is 3.73. The Labute approximate surface area is 78.0 Å². The summed E-state index contributed by atoms with van der Waals surface area (Å²) in [4.78, 5) is 10.7. The molecule has 2 nitrogen and oxygen atoms in total. The van der Waals surface area contributed by atoms with Crippen molar-refractivity contribution in [2.45, 2.75) is 13.1 Å². The number of halogens is 3. The zero-order chi connectivity index (χ0) is 10.9. The highest BCUT2D eigenvalue weighted by atomic mass is 19.4. The summed E-state index contributed by atoms with van der Waals surface area (Å²) < 4.78 is 35.9. The third-order valence-electron chi connectivity index (χ3n) is 1.72. The molecule has 0 radical (unpaired) electrons. The second-order valence-corrected chi connectivity index (χ2v) is 2.83. The number of carbonyl (C=O) groups excluding carboxylic acids is 1. The maximum absolute atomic E-state index is 12.0. The predicted octanol–water partition coefficient (Wildman–Crippen LogP) is 2.45. The molecule has 0 aromatic heterocycles. The average molecular weight is 204 g/mol. The van der Waals surface area contributed by atoms with Gasteiger partial charge in [0.1, 0.15) is 5.75 Å². The monoisotopic (exact) mass is 204 g/mol. The van der Waals surface area contributed by atoms with Gasteiger partial charge in [0.05, 0.1) is 0 Å². The summed E-state index contributed by atoms with van der Waals surface area (Å²) in [5.74, 6) is -2.04. The van der Waals surface area contributed by atoms with E-state index in [-0.39, 0.29) is 11.3 Å². The van der Waals surface area contributed by atoms with Crippen LogP contribution < -0.4 is 0 Å². The van der Waals surface area contributed by atoms with Gasteiger partial charge in [0.15, 0.2) is 0 Å². The zero-order valence-electron chi connectivity index (χ0n) is 7.22. The number of phenolic OH excluding ortho intramolecular Hbond substituents is 1. The molecule has 0 fully saturated rings. The van der Waals surface area contributed by atoms with Crippen LogP contribution in [0.4, 0.5) is 13.2 Å². The van der Waals surface area contributed by atoms with Gasteiger partial charge in [0.2, 0.25) is 0 Å². The van der Waals surface area contributed by atoms with E-state index in [0.717, 1.165) is 18.2 Å². The molecule has 76 valence electrons. The minimum absolute atomic E-state index is 0.135. The van der Waals surface area contributed by atoms with Gasteiger partial charge in [-0.15, -0.1) is 0 Å². The molecular formula is C9H7F3O2. The number of rotatable bonds is 1. The van der Waals surface area contributed by atoms with Crippen LogP contribution in [0.1, 0.15) is 15.9 Å². The van der Waals surface area contributed by atoms with Gasteiger partial charge in [0, 0.05) is 5.56 Å². The lowest BCUT2D eigenvalue weighted by atomic mass is 10.1. The maximum Gasteiger partial charge on any atom is 0.454 e. The summed E-state index contributed by atoms with van der Waals surface area (Å²) in [7, 11) is 0. The van der Waals surface area contributed by atoms with Crippen LogP contribution in [-0.4, -0.2) is 17.1 Å². The first-order valence-electron chi connectivity index (χ1n) is 3.73. The number of phenols is 1. The van der Waals surface area contributed by atoms with Crippen LogP contribution in [-0.2, 0) is 0 Å². The highest BCUT2D eigenvalue weighted by Gasteiger charge is 2.39.